The van der Waals surface area contributed by atoms with Crippen molar-refractivity contribution in [1.29, 1.82) is 5.26 Å². The maximum atomic E-state index is 12.8. The summed E-state index contributed by atoms with van der Waals surface area (Å²) >= 11 is 0. The maximum Gasteiger partial charge on any atom is 0.410 e. The van der Waals surface area contributed by atoms with Crippen LogP contribution in [0, 0.1) is 17.2 Å². The third kappa shape index (κ3) is 4.38. The Hall–Kier alpha value is -2.36. The average molecular weight is 409 g/mol. The van der Waals surface area contributed by atoms with Gasteiger partial charge in [0.1, 0.15) is 6.61 Å². The van der Waals surface area contributed by atoms with Gasteiger partial charge in [-0.05, 0) is 43.8 Å². The van der Waals surface area contributed by atoms with Crippen LogP contribution in [0.4, 0.5) is 4.79 Å². The molecule has 2 aliphatic heterocycles. The Bertz CT molecular complexity index is 778. The number of hydrogen-bond acceptors (Lipinski definition) is 5. The summed E-state index contributed by atoms with van der Waals surface area (Å²) in [6.45, 7) is 8.47. The standard InChI is InChI=1S/C24H32N4O2/c1-2-14-30-23(29)28(22-15-21(22)20-6-4-3-5-7-20)16-19-8-12-27(13-9-19)24(10-11-25)17-26-18-24/h2-7,19,21-22,26H,1,8-10,12-18H2. The minimum Gasteiger partial charge on any atom is -0.445 e. The third-order valence-corrected chi connectivity index (χ3v) is 7.00. The molecular formula is C24H32N4O2. The van der Waals surface area contributed by atoms with Crippen molar-refractivity contribution in [1.82, 2.24) is 15.1 Å². The fourth-order valence-electron chi connectivity index (χ4n) is 5.03. The molecule has 160 valence electrons. The summed E-state index contributed by atoms with van der Waals surface area (Å²) in [6, 6.07) is 13.1. The van der Waals surface area contributed by atoms with E-state index in [1.807, 2.05) is 11.0 Å². The van der Waals surface area contributed by atoms with E-state index in [9.17, 15) is 10.1 Å². The predicted molar refractivity (Wildman–Crippen MR) is 116 cm³/mol. The summed E-state index contributed by atoms with van der Waals surface area (Å²) in [5.74, 6) is 0.879. The van der Waals surface area contributed by atoms with Crippen molar-refractivity contribution in [2.45, 2.75) is 43.2 Å². The lowest BCUT2D eigenvalue weighted by molar-refractivity contribution is 0.00757. The summed E-state index contributed by atoms with van der Waals surface area (Å²) in [7, 11) is 0. The lowest BCUT2D eigenvalue weighted by Gasteiger charge is -2.52. The molecule has 3 fully saturated rings. The lowest BCUT2D eigenvalue weighted by Crippen LogP contribution is -2.69. The summed E-state index contributed by atoms with van der Waals surface area (Å²) in [6.07, 6.45) is 5.11. The lowest BCUT2D eigenvalue weighted by atomic mass is 9.83. The number of nitrogens with one attached hydrogen (secondary N) is 1. The fraction of sp³-hybridized carbons (Fsp3) is 0.583. The van der Waals surface area contributed by atoms with Crippen molar-refractivity contribution in [3.8, 4) is 6.07 Å². The second-order valence-corrected chi connectivity index (χ2v) is 8.93. The van der Waals surface area contributed by atoms with E-state index < -0.39 is 0 Å². The summed E-state index contributed by atoms with van der Waals surface area (Å²) in [5.41, 5.74) is 1.33. The largest absolute Gasteiger partial charge is 0.445 e. The normalized spacial score (nSPS) is 25.6. The first-order chi connectivity index (χ1) is 14.7. The first kappa shape index (κ1) is 20.9. The van der Waals surface area contributed by atoms with E-state index in [1.165, 1.54) is 5.56 Å². The molecule has 1 amide bonds. The van der Waals surface area contributed by atoms with Gasteiger partial charge in [0, 0.05) is 31.6 Å². The van der Waals surface area contributed by atoms with Gasteiger partial charge in [0.05, 0.1) is 18.0 Å². The number of piperidine rings is 1. The van der Waals surface area contributed by atoms with Crippen molar-refractivity contribution >= 4 is 6.09 Å². The molecule has 0 radical (unpaired) electrons. The Morgan fingerprint density at radius 2 is 2.07 bits per heavy atom. The Balaban J connectivity index is 1.36. The van der Waals surface area contributed by atoms with E-state index in [0.717, 1.165) is 52.0 Å². The molecule has 2 heterocycles. The zero-order valence-electron chi connectivity index (χ0n) is 17.6. The first-order valence-corrected chi connectivity index (χ1v) is 11.1. The van der Waals surface area contributed by atoms with Gasteiger partial charge < -0.3 is 15.0 Å². The van der Waals surface area contributed by atoms with Crippen LogP contribution in [0.3, 0.4) is 0 Å². The van der Waals surface area contributed by atoms with Gasteiger partial charge >= 0.3 is 6.09 Å². The quantitative estimate of drug-likeness (QED) is 0.670. The van der Waals surface area contributed by atoms with Crippen LogP contribution in [0.1, 0.15) is 37.2 Å². The Kier molecular flexibility index (Phi) is 6.40. The van der Waals surface area contributed by atoms with Crippen molar-refractivity contribution in [3.63, 3.8) is 0 Å². The summed E-state index contributed by atoms with van der Waals surface area (Å²) in [4.78, 5) is 17.3. The van der Waals surface area contributed by atoms with Gasteiger partial charge in [-0.2, -0.15) is 5.26 Å². The number of carbonyl (C=O) groups excluding carboxylic acids is 1. The molecule has 0 spiro atoms. The second-order valence-electron chi connectivity index (χ2n) is 8.93. The van der Waals surface area contributed by atoms with E-state index in [1.54, 1.807) is 6.08 Å². The highest BCUT2D eigenvalue weighted by molar-refractivity contribution is 5.69. The molecule has 0 bridgehead atoms. The van der Waals surface area contributed by atoms with Gasteiger partial charge in [0.2, 0.25) is 0 Å². The number of benzene rings is 1. The molecule has 2 saturated heterocycles. The van der Waals surface area contributed by atoms with Crippen molar-refractivity contribution < 1.29 is 9.53 Å². The first-order valence-electron chi connectivity index (χ1n) is 11.1. The van der Waals surface area contributed by atoms with Crippen LogP contribution in [-0.2, 0) is 4.74 Å². The molecule has 4 rings (SSSR count). The Morgan fingerprint density at radius 3 is 2.67 bits per heavy atom. The molecule has 2 unspecified atom stereocenters. The number of carbonyl (C=O) groups is 1. The molecule has 1 saturated carbocycles. The van der Waals surface area contributed by atoms with Crippen molar-refractivity contribution in [2.75, 3.05) is 39.3 Å². The van der Waals surface area contributed by atoms with Crippen LogP contribution >= 0.6 is 0 Å². The van der Waals surface area contributed by atoms with Crippen molar-refractivity contribution in [2.24, 2.45) is 5.92 Å². The monoisotopic (exact) mass is 408 g/mol. The van der Waals surface area contributed by atoms with E-state index in [0.29, 0.717) is 18.3 Å². The average Bonchev–Trinajstić information content (AvgIpc) is 3.54. The molecule has 1 aromatic carbocycles. The van der Waals surface area contributed by atoms with Crippen LogP contribution in [0.15, 0.2) is 43.0 Å². The van der Waals surface area contributed by atoms with E-state index in [4.69, 9.17) is 4.74 Å². The number of nitrogens with zero attached hydrogens (tertiary/aromatic N) is 3. The molecule has 6 nitrogen and oxygen atoms in total. The third-order valence-electron chi connectivity index (χ3n) is 7.00. The van der Waals surface area contributed by atoms with Gasteiger partial charge in [-0.25, -0.2) is 4.79 Å². The molecule has 3 aliphatic rings. The summed E-state index contributed by atoms with van der Waals surface area (Å²) in [5, 5.41) is 12.6. The molecule has 1 aromatic rings. The zero-order chi connectivity index (χ0) is 21.0. The number of likely N-dealkylation sites (tertiary alicyclic amines) is 1. The highest BCUT2D eigenvalue weighted by atomic mass is 16.6. The molecule has 30 heavy (non-hydrogen) atoms. The van der Waals surface area contributed by atoms with Crippen LogP contribution in [0.5, 0.6) is 0 Å². The smallest absolute Gasteiger partial charge is 0.410 e. The van der Waals surface area contributed by atoms with E-state index in [2.05, 4.69) is 47.1 Å². The molecule has 0 aromatic heterocycles. The van der Waals surface area contributed by atoms with Gasteiger partial charge in [-0.3, -0.25) is 4.90 Å². The number of rotatable bonds is 8. The van der Waals surface area contributed by atoms with Crippen LogP contribution in [0.2, 0.25) is 0 Å². The number of hydrogen-bond donors (Lipinski definition) is 1. The molecule has 6 heteroatoms. The second kappa shape index (κ2) is 9.20. The maximum absolute atomic E-state index is 12.8. The minimum atomic E-state index is -0.218. The fourth-order valence-corrected chi connectivity index (χ4v) is 5.03. The minimum absolute atomic E-state index is 0.0250. The summed E-state index contributed by atoms with van der Waals surface area (Å²) < 4.78 is 5.43. The van der Waals surface area contributed by atoms with Gasteiger partial charge in [-0.15, -0.1) is 0 Å². The highest BCUT2D eigenvalue weighted by Crippen LogP contribution is 2.45. The molecule has 2 atom stereocenters. The van der Waals surface area contributed by atoms with Gasteiger partial charge in [-0.1, -0.05) is 43.0 Å². The zero-order valence-corrected chi connectivity index (χ0v) is 17.6. The molecule has 1 N–H and O–H groups in total. The SMILES string of the molecule is C=CCOC(=O)N(CC1CCN(C2(CC#N)CNC2)CC1)C1CC1c1ccccc1. The van der Waals surface area contributed by atoms with Gasteiger partial charge in [0.25, 0.3) is 0 Å². The number of ether oxygens (including phenoxy) is 1. The predicted octanol–water partition coefficient (Wildman–Crippen LogP) is 3.13. The number of nitriles is 1. The molecular weight excluding hydrogens is 376 g/mol. The van der Waals surface area contributed by atoms with Crippen LogP contribution in [-0.4, -0.2) is 66.8 Å². The highest BCUT2D eigenvalue weighted by Gasteiger charge is 2.47. The topological polar surface area (TPSA) is 68.6 Å². The van der Waals surface area contributed by atoms with Crippen LogP contribution < -0.4 is 5.32 Å². The van der Waals surface area contributed by atoms with E-state index in [-0.39, 0.29) is 24.3 Å². The van der Waals surface area contributed by atoms with E-state index >= 15 is 0 Å². The van der Waals surface area contributed by atoms with Crippen molar-refractivity contribution in [3.05, 3.63) is 48.6 Å². The Labute approximate surface area is 179 Å². The molecule has 1 aliphatic carbocycles. The van der Waals surface area contributed by atoms with Gasteiger partial charge in [0.15, 0.2) is 0 Å². The Morgan fingerprint density at radius 1 is 1.33 bits per heavy atom. The number of amides is 1. The van der Waals surface area contributed by atoms with Crippen LogP contribution in [0.25, 0.3) is 0 Å².